The van der Waals surface area contributed by atoms with E-state index < -0.39 is 0 Å². The first kappa shape index (κ1) is 23.3. The fourth-order valence-electron chi connectivity index (χ4n) is 5.45. The minimum absolute atomic E-state index is 0.0739. The summed E-state index contributed by atoms with van der Waals surface area (Å²) in [6, 6.07) is 3.32. The third kappa shape index (κ3) is 4.21. The number of hydrogen-bond donors (Lipinski definition) is 3. The Morgan fingerprint density at radius 3 is 2.86 bits per heavy atom. The van der Waals surface area contributed by atoms with Crippen LogP contribution in [0.4, 0.5) is 17.3 Å². The van der Waals surface area contributed by atoms with E-state index in [4.69, 9.17) is 21.1 Å². The number of nitrogens with zero attached hydrogens (tertiary/aromatic N) is 4. The van der Waals surface area contributed by atoms with Crippen molar-refractivity contribution in [2.45, 2.75) is 43.9 Å². The smallest absolute Gasteiger partial charge is 0.274 e. The summed E-state index contributed by atoms with van der Waals surface area (Å²) in [6.07, 6.45) is 6.93. The maximum absolute atomic E-state index is 13.3. The number of anilines is 3. The van der Waals surface area contributed by atoms with Crippen LogP contribution in [0.2, 0.25) is 5.02 Å². The highest BCUT2D eigenvalue weighted by Gasteiger charge is 2.41. The molecule has 3 fully saturated rings. The molecule has 2 bridgehead atoms. The van der Waals surface area contributed by atoms with Crippen molar-refractivity contribution in [2.75, 3.05) is 37.5 Å². The fourth-order valence-corrected chi connectivity index (χ4v) is 5.67. The van der Waals surface area contributed by atoms with Crippen molar-refractivity contribution in [3.8, 4) is 0 Å². The number of carbonyl (C=O) groups is 1. The van der Waals surface area contributed by atoms with Gasteiger partial charge in [-0.05, 0) is 31.7 Å². The Morgan fingerprint density at radius 1 is 1.25 bits per heavy atom. The van der Waals surface area contributed by atoms with Gasteiger partial charge in [0.05, 0.1) is 36.6 Å². The van der Waals surface area contributed by atoms with Gasteiger partial charge in [0.25, 0.3) is 11.5 Å². The Labute approximate surface area is 212 Å². The first-order chi connectivity index (χ1) is 17.5. The number of aromatic nitrogens is 4. The van der Waals surface area contributed by atoms with Crippen molar-refractivity contribution in [3.05, 3.63) is 45.5 Å². The molecule has 3 aromatic rings. The lowest BCUT2D eigenvalue weighted by atomic mass is 10.0. The molecule has 2 unspecified atom stereocenters. The van der Waals surface area contributed by atoms with E-state index in [1.165, 1.54) is 6.20 Å². The molecule has 36 heavy (non-hydrogen) atoms. The van der Waals surface area contributed by atoms with Crippen molar-refractivity contribution < 1.29 is 14.3 Å². The van der Waals surface area contributed by atoms with E-state index in [2.05, 4.69) is 26.0 Å². The molecule has 0 aromatic carbocycles. The Balaban J connectivity index is 1.31. The number of nitrogens with one attached hydrogen (secondary N) is 3. The van der Waals surface area contributed by atoms with Gasteiger partial charge in [-0.25, -0.2) is 4.98 Å². The van der Waals surface area contributed by atoms with Gasteiger partial charge in [0.1, 0.15) is 22.9 Å². The second-order valence-corrected chi connectivity index (χ2v) is 10.1. The highest BCUT2D eigenvalue weighted by Crippen LogP contribution is 2.35. The molecule has 3 aliphatic rings. The third-order valence-corrected chi connectivity index (χ3v) is 7.50. The van der Waals surface area contributed by atoms with Crippen LogP contribution in [0.1, 0.15) is 42.1 Å². The van der Waals surface area contributed by atoms with Gasteiger partial charge in [-0.2, -0.15) is 9.61 Å². The van der Waals surface area contributed by atoms with Crippen molar-refractivity contribution in [1.82, 2.24) is 24.5 Å². The van der Waals surface area contributed by atoms with Crippen LogP contribution in [-0.2, 0) is 9.47 Å². The highest BCUT2D eigenvalue weighted by molar-refractivity contribution is 6.30. The topological polar surface area (TPSA) is 124 Å². The second-order valence-electron chi connectivity index (χ2n) is 9.62. The molecule has 2 saturated heterocycles. The first-order valence-corrected chi connectivity index (χ1v) is 12.6. The van der Waals surface area contributed by atoms with Crippen LogP contribution < -0.4 is 21.5 Å². The summed E-state index contributed by atoms with van der Waals surface area (Å²) in [4.78, 5) is 31.1. The van der Waals surface area contributed by atoms with Crippen molar-refractivity contribution in [1.29, 1.82) is 0 Å². The summed E-state index contributed by atoms with van der Waals surface area (Å²) in [5.41, 5.74) is 0.818. The molecule has 190 valence electrons. The zero-order valence-corrected chi connectivity index (χ0v) is 20.6. The fraction of sp³-hybridized carbons (Fsp3) is 0.500. The summed E-state index contributed by atoms with van der Waals surface area (Å²) < 4.78 is 14.4. The lowest BCUT2D eigenvalue weighted by Gasteiger charge is -2.25. The summed E-state index contributed by atoms with van der Waals surface area (Å²) in [5, 5.41) is 14.1. The van der Waals surface area contributed by atoms with Gasteiger partial charge in [-0.15, -0.1) is 0 Å². The quantitative estimate of drug-likeness (QED) is 0.459. The van der Waals surface area contributed by atoms with Gasteiger partial charge < -0.3 is 30.0 Å². The van der Waals surface area contributed by atoms with Gasteiger partial charge in [0.15, 0.2) is 5.65 Å². The predicted molar refractivity (Wildman–Crippen MR) is 134 cm³/mol. The molecule has 1 amide bonds. The molecular formula is C24H28ClN7O4. The number of pyridine rings is 1. The normalized spacial score (nSPS) is 25.3. The van der Waals surface area contributed by atoms with Gasteiger partial charge >= 0.3 is 0 Å². The SMILES string of the molecule is CNc1cc(Nc2cc(Cl)cn([C@H]3CCCOC3)c2=O)nc2c(C(=O)NC3CC4C[C@H]3CO4)cnn12. The van der Waals surface area contributed by atoms with E-state index in [0.717, 1.165) is 25.7 Å². The van der Waals surface area contributed by atoms with Crippen LogP contribution >= 0.6 is 11.6 Å². The highest BCUT2D eigenvalue weighted by atomic mass is 35.5. The van der Waals surface area contributed by atoms with Crippen molar-refractivity contribution in [3.63, 3.8) is 0 Å². The number of carbonyl (C=O) groups excluding carboxylic acids is 1. The van der Waals surface area contributed by atoms with E-state index in [1.54, 1.807) is 34.5 Å². The van der Waals surface area contributed by atoms with E-state index in [1.807, 2.05) is 0 Å². The molecule has 11 nitrogen and oxygen atoms in total. The Bertz CT molecular complexity index is 1370. The Kier molecular flexibility index (Phi) is 6.06. The summed E-state index contributed by atoms with van der Waals surface area (Å²) in [5.74, 6) is 1.12. The molecule has 2 aliphatic heterocycles. The summed E-state index contributed by atoms with van der Waals surface area (Å²) >= 11 is 6.37. The zero-order chi connectivity index (χ0) is 24.8. The largest absolute Gasteiger partial charge is 0.379 e. The number of rotatable bonds is 6. The van der Waals surface area contributed by atoms with Crippen LogP contribution in [0.5, 0.6) is 0 Å². The molecule has 1 saturated carbocycles. The molecular weight excluding hydrogens is 486 g/mol. The van der Waals surface area contributed by atoms with E-state index >= 15 is 0 Å². The molecule has 0 spiro atoms. The molecule has 4 atom stereocenters. The molecule has 3 aromatic heterocycles. The van der Waals surface area contributed by atoms with Crippen LogP contribution in [-0.4, -0.2) is 64.1 Å². The average Bonchev–Trinajstić information content (AvgIpc) is 3.62. The van der Waals surface area contributed by atoms with Gasteiger partial charge in [-0.3, -0.25) is 9.59 Å². The van der Waals surface area contributed by atoms with E-state index in [0.29, 0.717) is 59.3 Å². The minimum atomic E-state index is -0.225. The lowest BCUT2D eigenvalue weighted by molar-refractivity contribution is 0.0580. The van der Waals surface area contributed by atoms with Gasteiger partial charge in [0.2, 0.25) is 0 Å². The number of hydrogen-bond acceptors (Lipinski definition) is 8. The monoisotopic (exact) mass is 513 g/mol. The average molecular weight is 514 g/mol. The minimum Gasteiger partial charge on any atom is -0.379 e. The van der Waals surface area contributed by atoms with Crippen LogP contribution in [0.3, 0.4) is 0 Å². The molecule has 0 radical (unpaired) electrons. The van der Waals surface area contributed by atoms with Crippen LogP contribution in [0.15, 0.2) is 29.3 Å². The first-order valence-electron chi connectivity index (χ1n) is 12.3. The number of ether oxygens (including phenoxy) is 2. The molecule has 6 rings (SSSR count). The predicted octanol–water partition coefficient (Wildman–Crippen LogP) is 2.59. The molecule has 1 aliphatic carbocycles. The lowest BCUT2D eigenvalue weighted by Crippen LogP contribution is -2.40. The van der Waals surface area contributed by atoms with Gasteiger partial charge in [0, 0.05) is 37.9 Å². The molecule has 5 heterocycles. The zero-order valence-electron chi connectivity index (χ0n) is 19.9. The van der Waals surface area contributed by atoms with Crippen molar-refractivity contribution in [2.24, 2.45) is 5.92 Å². The standard InChI is InChI=1S/C24H28ClN7O4/c1-26-21-8-20(28-19-6-14(25)10-31(24(19)34)15-3-2-4-35-12-15)30-22-17(9-27-32(21)22)23(33)29-18-7-16-5-13(18)11-36-16/h6,8-10,13,15-16,18,26H,2-5,7,11-12H2,1H3,(H,28,30)(H,29,33)/t13-,15-,16?,18?/m0/s1. The van der Waals surface area contributed by atoms with E-state index in [-0.39, 0.29) is 29.7 Å². The van der Waals surface area contributed by atoms with Crippen LogP contribution in [0.25, 0.3) is 5.65 Å². The maximum Gasteiger partial charge on any atom is 0.274 e. The Morgan fingerprint density at radius 2 is 2.14 bits per heavy atom. The van der Waals surface area contributed by atoms with Gasteiger partial charge in [-0.1, -0.05) is 11.6 Å². The van der Waals surface area contributed by atoms with Crippen LogP contribution in [0, 0.1) is 5.92 Å². The number of halogens is 1. The van der Waals surface area contributed by atoms with E-state index in [9.17, 15) is 9.59 Å². The maximum atomic E-state index is 13.3. The van der Waals surface area contributed by atoms with Crippen molar-refractivity contribution >= 4 is 40.5 Å². The summed E-state index contributed by atoms with van der Waals surface area (Å²) in [6.45, 7) is 1.85. The number of amides is 1. The molecule has 12 heteroatoms. The Hall–Kier alpha value is -3.15. The molecule has 3 N–H and O–H groups in total. The number of fused-ring (bicyclic) bond motifs is 3. The summed E-state index contributed by atoms with van der Waals surface area (Å²) in [7, 11) is 1.75. The third-order valence-electron chi connectivity index (χ3n) is 7.29. The second kappa shape index (κ2) is 9.38.